The number of hydrogen-bond donors (Lipinski definition) is 1. The van der Waals surface area contributed by atoms with Gasteiger partial charge in [-0.25, -0.2) is 0 Å². The van der Waals surface area contributed by atoms with Crippen LogP contribution >= 0.6 is 0 Å². The lowest BCUT2D eigenvalue weighted by molar-refractivity contribution is 0.532. The van der Waals surface area contributed by atoms with Crippen LogP contribution in [0.1, 0.15) is 91.3 Å². The van der Waals surface area contributed by atoms with Gasteiger partial charge in [0, 0.05) is 50.3 Å². The van der Waals surface area contributed by atoms with Crippen molar-refractivity contribution in [3.8, 4) is 0 Å². The molecule has 188 valence electrons. The molecular formula is C28H46N6. The fourth-order valence-corrected chi connectivity index (χ4v) is 3.14. The molecular weight excluding hydrogens is 420 g/mol. The van der Waals surface area contributed by atoms with E-state index in [-0.39, 0.29) is 0 Å². The van der Waals surface area contributed by atoms with Crippen molar-refractivity contribution >= 4 is 6.21 Å². The Morgan fingerprint density at radius 2 is 1.59 bits per heavy atom. The van der Waals surface area contributed by atoms with Gasteiger partial charge < -0.3 is 4.98 Å². The Hall–Kier alpha value is -2.89. The second-order valence-corrected chi connectivity index (χ2v) is 9.84. The Morgan fingerprint density at radius 1 is 0.912 bits per heavy atom. The molecule has 0 bridgehead atoms. The number of allylic oxidation sites excluding steroid dienone is 1. The summed E-state index contributed by atoms with van der Waals surface area (Å²) < 4.78 is 3.75. The van der Waals surface area contributed by atoms with Gasteiger partial charge in [0.2, 0.25) is 0 Å². The average molecular weight is 467 g/mol. The highest BCUT2D eigenvalue weighted by molar-refractivity contribution is 5.82. The third-order valence-corrected chi connectivity index (χ3v) is 5.41. The number of aromatic amines is 1. The maximum Gasteiger partial charge on any atom is 0.0603 e. The van der Waals surface area contributed by atoms with E-state index in [0.29, 0.717) is 23.8 Å². The monoisotopic (exact) mass is 466 g/mol. The molecule has 0 saturated carbocycles. The number of rotatable bonds is 4. The molecule has 0 spiro atoms. The molecule has 0 aromatic carbocycles. The normalized spacial score (nSPS) is 12.5. The molecule has 0 atom stereocenters. The second kappa shape index (κ2) is 15.1. The van der Waals surface area contributed by atoms with Gasteiger partial charge in [0.05, 0.1) is 12.7 Å². The Labute approximate surface area is 207 Å². The summed E-state index contributed by atoms with van der Waals surface area (Å²) in [5.41, 5.74) is 5.54. The first-order valence-corrected chi connectivity index (χ1v) is 12.3. The van der Waals surface area contributed by atoms with E-state index in [0.717, 1.165) is 6.54 Å². The molecule has 1 N–H and O–H groups in total. The number of H-pyrrole nitrogens is 1. The number of aromatic nitrogens is 5. The lowest BCUT2D eigenvalue weighted by atomic mass is 10.0. The predicted octanol–water partition coefficient (Wildman–Crippen LogP) is 7.19. The first-order chi connectivity index (χ1) is 16.0. The van der Waals surface area contributed by atoms with E-state index in [1.807, 2.05) is 59.7 Å². The molecule has 1 aliphatic heterocycles. The van der Waals surface area contributed by atoms with Crippen molar-refractivity contribution < 1.29 is 0 Å². The molecule has 0 unspecified atom stereocenters. The molecule has 3 aromatic heterocycles. The topological polar surface area (TPSA) is 63.8 Å². The van der Waals surface area contributed by atoms with Crippen LogP contribution in [0, 0.1) is 5.92 Å². The number of aliphatic imine (C=N–C) groups is 1. The standard InChI is InChI=1S/C8H13N.C7H12N2.C7H11N.C6H10N2/c1-6(2)8-5-9-4-7(8)3;1-6(2)7-4-8-9(3)5-7;1-6(2)7-3-4-8-5-7;1-6(2)8-5-3-4-7-8/h5-6H,4H2,1-3H3;4-6H,1-3H3;3-6,8H,1-2H3;3-6H,1-2H3. The third-order valence-electron chi connectivity index (χ3n) is 5.41. The summed E-state index contributed by atoms with van der Waals surface area (Å²) in [6.07, 6.45) is 13.7. The summed E-state index contributed by atoms with van der Waals surface area (Å²) >= 11 is 0. The predicted molar refractivity (Wildman–Crippen MR) is 146 cm³/mol. The van der Waals surface area contributed by atoms with Crippen LogP contribution in [-0.4, -0.2) is 37.3 Å². The Bertz CT molecular complexity index is 916. The second-order valence-electron chi connectivity index (χ2n) is 9.84. The van der Waals surface area contributed by atoms with Gasteiger partial charge in [-0.3, -0.25) is 14.4 Å². The lowest BCUT2D eigenvalue weighted by Gasteiger charge is -2.03. The lowest BCUT2D eigenvalue weighted by Crippen LogP contribution is -1.99. The molecule has 0 amide bonds. The maximum atomic E-state index is 4.17. The Kier molecular flexibility index (Phi) is 12.9. The van der Waals surface area contributed by atoms with E-state index < -0.39 is 0 Å². The molecule has 0 fully saturated rings. The highest BCUT2D eigenvalue weighted by atomic mass is 15.3. The molecule has 0 saturated heterocycles. The molecule has 6 nitrogen and oxygen atoms in total. The van der Waals surface area contributed by atoms with Crippen molar-refractivity contribution in [1.82, 2.24) is 24.5 Å². The van der Waals surface area contributed by atoms with E-state index in [1.54, 1.807) is 6.20 Å². The summed E-state index contributed by atoms with van der Waals surface area (Å²) in [7, 11) is 1.94. The van der Waals surface area contributed by atoms with Gasteiger partial charge in [-0.05, 0) is 72.9 Å². The fraction of sp³-hybridized carbons (Fsp3) is 0.536. The zero-order valence-corrected chi connectivity index (χ0v) is 22.9. The fourth-order valence-electron chi connectivity index (χ4n) is 3.14. The van der Waals surface area contributed by atoms with Gasteiger partial charge in [-0.2, -0.15) is 10.2 Å². The van der Waals surface area contributed by atoms with Crippen molar-refractivity contribution in [2.75, 3.05) is 6.54 Å². The van der Waals surface area contributed by atoms with Crippen molar-refractivity contribution in [3.63, 3.8) is 0 Å². The van der Waals surface area contributed by atoms with Crippen molar-refractivity contribution in [2.24, 2.45) is 18.0 Å². The first kappa shape index (κ1) is 29.1. The van der Waals surface area contributed by atoms with Gasteiger partial charge >= 0.3 is 0 Å². The van der Waals surface area contributed by atoms with Gasteiger partial charge in [0.25, 0.3) is 0 Å². The van der Waals surface area contributed by atoms with Crippen LogP contribution in [0.25, 0.3) is 0 Å². The zero-order chi connectivity index (χ0) is 25.7. The molecule has 0 radical (unpaired) electrons. The van der Waals surface area contributed by atoms with E-state index in [4.69, 9.17) is 0 Å². The molecule has 4 rings (SSSR count). The van der Waals surface area contributed by atoms with E-state index in [2.05, 4.69) is 88.6 Å². The van der Waals surface area contributed by atoms with E-state index in [1.165, 1.54) is 22.3 Å². The van der Waals surface area contributed by atoms with Crippen LogP contribution in [0.5, 0.6) is 0 Å². The SMILES string of the molecule is CC(C)c1cc[nH]c1.CC(C)c1cnn(C)c1.CC(C)n1cccn1.CC1=C(C(C)C)C=NC1. The van der Waals surface area contributed by atoms with Crippen molar-refractivity contribution in [1.29, 1.82) is 0 Å². The maximum absolute atomic E-state index is 4.17. The summed E-state index contributed by atoms with van der Waals surface area (Å²) in [5, 5.41) is 8.09. The van der Waals surface area contributed by atoms with Crippen molar-refractivity contribution in [2.45, 2.75) is 80.2 Å². The van der Waals surface area contributed by atoms with Crippen LogP contribution in [0.3, 0.4) is 0 Å². The highest BCUT2D eigenvalue weighted by Crippen LogP contribution is 2.17. The molecule has 1 aliphatic rings. The molecule has 3 aromatic rings. The van der Waals surface area contributed by atoms with Gasteiger partial charge in [0.15, 0.2) is 0 Å². The molecule has 0 aliphatic carbocycles. The molecule has 34 heavy (non-hydrogen) atoms. The number of aryl methyl sites for hydroxylation is 1. The van der Waals surface area contributed by atoms with Crippen LogP contribution in [0.15, 0.2) is 65.5 Å². The van der Waals surface area contributed by atoms with Crippen LogP contribution in [-0.2, 0) is 7.05 Å². The minimum atomic E-state index is 0.491. The van der Waals surface area contributed by atoms with Gasteiger partial charge in [0.1, 0.15) is 0 Å². The number of hydrogen-bond acceptors (Lipinski definition) is 3. The zero-order valence-electron chi connectivity index (χ0n) is 22.9. The van der Waals surface area contributed by atoms with E-state index in [9.17, 15) is 0 Å². The largest absolute Gasteiger partial charge is 0.367 e. The van der Waals surface area contributed by atoms with Crippen LogP contribution < -0.4 is 0 Å². The Morgan fingerprint density at radius 3 is 1.82 bits per heavy atom. The minimum Gasteiger partial charge on any atom is -0.367 e. The van der Waals surface area contributed by atoms with E-state index >= 15 is 0 Å². The summed E-state index contributed by atoms with van der Waals surface area (Å²) in [4.78, 5) is 7.18. The quantitative estimate of drug-likeness (QED) is 0.442. The minimum absolute atomic E-state index is 0.491. The summed E-state index contributed by atoms with van der Waals surface area (Å²) in [6, 6.07) is 4.52. The molecule has 6 heteroatoms. The van der Waals surface area contributed by atoms with Crippen LogP contribution in [0.2, 0.25) is 0 Å². The average Bonchev–Trinajstić information content (AvgIpc) is 3.55. The van der Waals surface area contributed by atoms with Crippen molar-refractivity contribution in [3.05, 3.63) is 71.6 Å². The number of nitrogens with one attached hydrogen (secondary N) is 1. The van der Waals surface area contributed by atoms with Crippen LogP contribution in [0.4, 0.5) is 0 Å². The van der Waals surface area contributed by atoms with Gasteiger partial charge in [-0.1, -0.05) is 41.5 Å². The molecule has 4 heterocycles. The summed E-state index contributed by atoms with van der Waals surface area (Å²) in [6.45, 7) is 20.4. The number of nitrogens with zero attached hydrogens (tertiary/aromatic N) is 5. The smallest absolute Gasteiger partial charge is 0.0603 e. The third kappa shape index (κ3) is 10.8. The highest BCUT2D eigenvalue weighted by Gasteiger charge is 2.08. The Balaban J connectivity index is 0.000000227. The van der Waals surface area contributed by atoms with Gasteiger partial charge in [-0.15, -0.1) is 0 Å². The summed E-state index contributed by atoms with van der Waals surface area (Å²) in [5.74, 6) is 1.90. The first-order valence-electron chi connectivity index (χ1n) is 12.3.